The number of aromatic nitrogens is 1. The number of hydrogen-bond acceptors (Lipinski definition) is 3. The summed E-state index contributed by atoms with van der Waals surface area (Å²) in [7, 11) is 0. The molecule has 4 heteroatoms. The maximum atomic E-state index is 5.87. The molecule has 0 aliphatic carbocycles. The van der Waals surface area contributed by atoms with Gasteiger partial charge in [-0.05, 0) is 36.2 Å². The van der Waals surface area contributed by atoms with Crippen LogP contribution in [0.1, 0.15) is 17.4 Å². The molecule has 1 aliphatic heterocycles. The van der Waals surface area contributed by atoms with Crippen LogP contribution < -0.4 is 4.74 Å². The van der Waals surface area contributed by atoms with Crippen LogP contribution in [-0.2, 0) is 6.42 Å². The first-order chi connectivity index (χ1) is 9.79. The third kappa shape index (κ3) is 2.00. The normalized spacial score (nSPS) is 17.8. The Hall–Kier alpha value is -1.81. The lowest BCUT2D eigenvalue weighted by molar-refractivity contribution is 0.243. The number of fused-ring (bicyclic) bond motifs is 2. The smallest absolute Gasteiger partial charge is 0.202 e. The Morgan fingerprint density at radius 2 is 2.05 bits per heavy atom. The number of rotatable bonds is 1. The van der Waals surface area contributed by atoms with E-state index in [1.807, 2.05) is 36.4 Å². The molecule has 2 heterocycles. The van der Waals surface area contributed by atoms with Crippen molar-refractivity contribution >= 4 is 27.0 Å². The van der Waals surface area contributed by atoms with E-state index in [0.29, 0.717) is 6.61 Å². The number of ether oxygens (including phenoxy) is 1. The number of benzene rings is 2. The summed E-state index contributed by atoms with van der Waals surface area (Å²) < 4.78 is 12.7. The summed E-state index contributed by atoms with van der Waals surface area (Å²) in [5.74, 6) is 1.91. The van der Waals surface area contributed by atoms with E-state index in [4.69, 9.17) is 9.15 Å². The quantitative estimate of drug-likeness (QED) is 0.667. The fourth-order valence-corrected chi connectivity index (χ4v) is 2.93. The molecule has 3 nitrogen and oxygen atoms in total. The molecule has 4 rings (SSSR count). The first kappa shape index (κ1) is 12.0. The topological polar surface area (TPSA) is 35.3 Å². The van der Waals surface area contributed by atoms with Crippen molar-refractivity contribution in [2.75, 3.05) is 6.61 Å². The van der Waals surface area contributed by atoms with Crippen LogP contribution in [-0.4, -0.2) is 11.6 Å². The number of oxazole rings is 1. The van der Waals surface area contributed by atoms with Gasteiger partial charge in [-0.25, -0.2) is 4.98 Å². The van der Waals surface area contributed by atoms with Gasteiger partial charge >= 0.3 is 0 Å². The number of hydrogen-bond donors (Lipinski definition) is 0. The molecule has 0 bridgehead atoms. The molecule has 1 atom stereocenters. The molecule has 1 unspecified atom stereocenters. The van der Waals surface area contributed by atoms with E-state index < -0.39 is 0 Å². The van der Waals surface area contributed by atoms with Crippen LogP contribution in [0.3, 0.4) is 0 Å². The fraction of sp³-hybridized carbons (Fsp3) is 0.188. The lowest BCUT2D eigenvalue weighted by Gasteiger charge is -2.22. The van der Waals surface area contributed by atoms with Crippen molar-refractivity contribution in [3.8, 4) is 5.75 Å². The summed E-state index contributed by atoms with van der Waals surface area (Å²) in [5.41, 5.74) is 2.92. The maximum Gasteiger partial charge on any atom is 0.202 e. The van der Waals surface area contributed by atoms with E-state index in [-0.39, 0.29) is 5.92 Å². The largest absolute Gasteiger partial charge is 0.492 e. The van der Waals surface area contributed by atoms with Crippen LogP contribution in [0.25, 0.3) is 11.1 Å². The summed E-state index contributed by atoms with van der Waals surface area (Å²) in [6.45, 7) is 0.616. The van der Waals surface area contributed by atoms with E-state index in [0.717, 1.165) is 33.6 Å². The van der Waals surface area contributed by atoms with Gasteiger partial charge in [-0.15, -0.1) is 0 Å². The SMILES string of the molecule is Brc1ccc2oc(C3COc4ccccc4C3)nc2c1. The van der Waals surface area contributed by atoms with Crippen molar-refractivity contribution in [1.82, 2.24) is 4.98 Å². The lowest BCUT2D eigenvalue weighted by atomic mass is 9.97. The standard InChI is InChI=1S/C16H12BrNO2/c17-12-5-6-15-13(8-12)18-16(20-15)11-7-10-3-1-2-4-14(10)19-9-11/h1-6,8,11H,7,9H2. The molecule has 0 saturated heterocycles. The van der Waals surface area contributed by atoms with Crippen molar-refractivity contribution in [2.24, 2.45) is 0 Å². The predicted molar refractivity (Wildman–Crippen MR) is 80.1 cm³/mol. The minimum atomic E-state index is 0.177. The minimum absolute atomic E-state index is 0.177. The minimum Gasteiger partial charge on any atom is -0.492 e. The maximum absolute atomic E-state index is 5.87. The Bertz CT molecular complexity index is 781. The molecular weight excluding hydrogens is 318 g/mol. The van der Waals surface area contributed by atoms with Gasteiger partial charge in [-0.3, -0.25) is 0 Å². The molecule has 0 spiro atoms. The van der Waals surface area contributed by atoms with Gasteiger partial charge in [0.25, 0.3) is 0 Å². The highest BCUT2D eigenvalue weighted by molar-refractivity contribution is 9.10. The molecule has 100 valence electrons. The fourth-order valence-electron chi connectivity index (χ4n) is 2.58. The van der Waals surface area contributed by atoms with Crippen LogP contribution in [0.4, 0.5) is 0 Å². The van der Waals surface area contributed by atoms with Gasteiger partial charge in [0, 0.05) is 4.47 Å². The Morgan fingerprint density at radius 1 is 1.15 bits per heavy atom. The highest BCUT2D eigenvalue weighted by Crippen LogP contribution is 2.33. The molecule has 0 N–H and O–H groups in total. The Morgan fingerprint density at radius 3 is 3.00 bits per heavy atom. The second kappa shape index (κ2) is 4.63. The van der Waals surface area contributed by atoms with Crippen molar-refractivity contribution in [1.29, 1.82) is 0 Å². The highest BCUT2D eigenvalue weighted by atomic mass is 79.9. The molecule has 2 aromatic carbocycles. The van der Waals surface area contributed by atoms with Crippen LogP contribution in [0.5, 0.6) is 5.75 Å². The zero-order valence-corrected chi connectivity index (χ0v) is 12.3. The third-order valence-electron chi connectivity index (χ3n) is 3.59. The van der Waals surface area contributed by atoms with E-state index in [9.17, 15) is 0 Å². The van der Waals surface area contributed by atoms with Crippen LogP contribution in [0.15, 0.2) is 51.4 Å². The molecule has 20 heavy (non-hydrogen) atoms. The number of para-hydroxylation sites is 1. The lowest BCUT2D eigenvalue weighted by Crippen LogP contribution is -2.19. The first-order valence-corrected chi connectivity index (χ1v) is 7.35. The third-order valence-corrected chi connectivity index (χ3v) is 4.09. The average Bonchev–Trinajstić information content (AvgIpc) is 2.89. The Labute approximate surface area is 124 Å². The molecule has 0 radical (unpaired) electrons. The van der Waals surface area contributed by atoms with E-state index in [1.54, 1.807) is 0 Å². The summed E-state index contributed by atoms with van der Waals surface area (Å²) in [5, 5.41) is 0. The molecule has 1 aliphatic rings. The summed E-state index contributed by atoms with van der Waals surface area (Å²) in [4.78, 5) is 4.59. The van der Waals surface area contributed by atoms with Crippen molar-refractivity contribution in [2.45, 2.75) is 12.3 Å². The molecular formula is C16H12BrNO2. The van der Waals surface area contributed by atoms with Crippen molar-refractivity contribution in [3.05, 3.63) is 58.4 Å². The van der Waals surface area contributed by atoms with Gasteiger partial charge in [-0.1, -0.05) is 34.1 Å². The summed E-state index contributed by atoms with van der Waals surface area (Å²) in [6.07, 6.45) is 0.907. The Kier molecular flexibility index (Phi) is 2.77. The zero-order valence-electron chi connectivity index (χ0n) is 10.7. The monoisotopic (exact) mass is 329 g/mol. The summed E-state index contributed by atoms with van der Waals surface area (Å²) in [6, 6.07) is 14.0. The average molecular weight is 330 g/mol. The van der Waals surface area contributed by atoms with E-state index >= 15 is 0 Å². The molecule has 3 aromatic rings. The number of halogens is 1. The van der Waals surface area contributed by atoms with Gasteiger partial charge < -0.3 is 9.15 Å². The second-order valence-electron chi connectivity index (χ2n) is 4.98. The van der Waals surface area contributed by atoms with E-state index in [2.05, 4.69) is 27.0 Å². The summed E-state index contributed by atoms with van der Waals surface area (Å²) >= 11 is 3.45. The van der Waals surface area contributed by atoms with Gasteiger partial charge in [0.05, 0.1) is 5.92 Å². The molecule has 0 amide bonds. The predicted octanol–water partition coefficient (Wildman–Crippen LogP) is 4.31. The molecule has 1 aromatic heterocycles. The zero-order chi connectivity index (χ0) is 13.5. The van der Waals surface area contributed by atoms with Crippen LogP contribution in [0, 0.1) is 0 Å². The van der Waals surface area contributed by atoms with E-state index in [1.165, 1.54) is 5.56 Å². The van der Waals surface area contributed by atoms with Crippen LogP contribution >= 0.6 is 15.9 Å². The number of nitrogens with zero attached hydrogens (tertiary/aromatic N) is 1. The first-order valence-electron chi connectivity index (χ1n) is 6.56. The Balaban J connectivity index is 1.70. The molecule has 0 saturated carbocycles. The second-order valence-corrected chi connectivity index (χ2v) is 5.90. The highest BCUT2D eigenvalue weighted by Gasteiger charge is 2.25. The van der Waals surface area contributed by atoms with Gasteiger partial charge in [-0.2, -0.15) is 0 Å². The molecule has 0 fully saturated rings. The van der Waals surface area contributed by atoms with Gasteiger partial charge in [0.1, 0.15) is 17.9 Å². The van der Waals surface area contributed by atoms with Crippen molar-refractivity contribution in [3.63, 3.8) is 0 Å². The van der Waals surface area contributed by atoms with Crippen LogP contribution in [0.2, 0.25) is 0 Å². The van der Waals surface area contributed by atoms with Gasteiger partial charge in [0.2, 0.25) is 5.89 Å². The van der Waals surface area contributed by atoms with Crippen molar-refractivity contribution < 1.29 is 9.15 Å². The van der Waals surface area contributed by atoms with Gasteiger partial charge in [0.15, 0.2) is 5.58 Å².